The van der Waals surface area contributed by atoms with E-state index in [1.54, 1.807) is 6.08 Å². The van der Waals surface area contributed by atoms with Gasteiger partial charge in [0.2, 0.25) is 11.0 Å². The molecule has 0 aliphatic carbocycles. The average Bonchev–Trinajstić information content (AvgIpc) is 2.44. The molecule has 0 aromatic carbocycles. The van der Waals surface area contributed by atoms with Gasteiger partial charge in [0, 0.05) is 19.2 Å². The Morgan fingerprint density at radius 1 is 1.24 bits per heavy atom. The SMILES string of the molecule is C/[13CH]=C/C=C/C[C@H](C)CC/C=C/C(=O)SCCNC(C)=O. The summed E-state index contributed by atoms with van der Waals surface area (Å²) in [5.74, 6) is 1.18. The van der Waals surface area contributed by atoms with Gasteiger partial charge < -0.3 is 5.32 Å². The zero-order valence-corrected chi connectivity index (χ0v) is 14.1. The largest absolute Gasteiger partial charge is 0.356 e. The summed E-state index contributed by atoms with van der Waals surface area (Å²) in [7, 11) is 0. The van der Waals surface area contributed by atoms with Crippen LogP contribution in [0.5, 0.6) is 0 Å². The second kappa shape index (κ2) is 13.7. The maximum Gasteiger partial charge on any atom is 0.216 e. The van der Waals surface area contributed by atoms with E-state index >= 15 is 0 Å². The monoisotopic (exact) mass is 310 g/mol. The normalized spacial score (nSPS) is 13.3. The number of hydrogen-bond donors (Lipinski definition) is 1. The van der Waals surface area contributed by atoms with Crippen LogP contribution >= 0.6 is 11.8 Å². The Morgan fingerprint density at radius 2 is 2.00 bits per heavy atom. The molecule has 1 atom stereocenters. The van der Waals surface area contributed by atoms with Crippen molar-refractivity contribution in [3.05, 3.63) is 36.5 Å². The minimum Gasteiger partial charge on any atom is -0.356 e. The van der Waals surface area contributed by atoms with Gasteiger partial charge in [-0.25, -0.2) is 0 Å². The molecule has 0 rings (SSSR count). The lowest BCUT2D eigenvalue weighted by atomic mass is 10.0. The minimum atomic E-state index is -0.0592. The summed E-state index contributed by atoms with van der Waals surface area (Å²) < 4.78 is 0. The third-order valence-corrected chi connectivity index (χ3v) is 3.61. The molecule has 0 aliphatic rings. The molecule has 0 saturated carbocycles. The Bertz CT molecular complexity index is 386. The quantitative estimate of drug-likeness (QED) is 0.288. The molecule has 1 N–H and O–H groups in total. The first-order chi connectivity index (χ1) is 10.1. The fourth-order valence-corrected chi connectivity index (χ4v) is 2.20. The third-order valence-electron chi connectivity index (χ3n) is 2.78. The van der Waals surface area contributed by atoms with Crippen LogP contribution in [0, 0.1) is 5.92 Å². The van der Waals surface area contributed by atoms with Crippen LogP contribution in [0.25, 0.3) is 0 Å². The van der Waals surface area contributed by atoms with Crippen LogP contribution in [0.3, 0.4) is 0 Å². The Kier molecular flexibility index (Phi) is 12.8. The number of rotatable bonds is 10. The van der Waals surface area contributed by atoms with Crippen molar-refractivity contribution in [2.45, 2.75) is 40.0 Å². The highest BCUT2D eigenvalue weighted by molar-refractivity contribution is 8.14. The summed E-state index contributed by atoms with van der Waals surface area (Å²) in [6, 6.07) is 0. The first kappa shape index (κ1) is 19.7. The zero-order chi connectivity index (χ0) is 15.9. The number of carbonyl (C=O) groups excluding carboxylic acids is 2. The van der Waals surface area contributed by atoms with E-state index in [0.717, 1.165) is 19.3 Å². The molecule has 0 heterocycles. The lowest BCUT2D eigenvalue weighted by Crippen LogP contribution is -2.22. The molecule has 118 valence electrons. The van der Waals surface area contributed by atoms with Gasteiger partial charge in [-0.1, -0.05) is 49.1 Å². The standard InChI is InChI=1S/C17H27NO2S/c1-4-5-6-7-10-15(2)11-8-9-12-17(20)21-14-13-18-16(3)19/h4-7,9,12,15H,8,10-11,13-14H2,1-3H3,(H,18,19)/b5-4+,7-6+,12-9+/t15-/m0/s1/i4+1. The lowest BCUT2D eigenvalue weighted by molar-refractivity contribution is -0.118. The maximum atomic E-state index is 11.5. The Hall–Kier alpha value is -1.29. The number of carbonyl (C=O) groups is 2. The number of allylic oxidation sites excluding steroid dienone is 5. The molecule has 3 nitrogen and oxygen atoms in total. The highest BCUT2D eigenvalue weighted by Crippen LogP contribution is 2.12. The highest BCUT2D eigenvalue weighted by Gasteiger charge is 2.00. The second-order valence-corrected chi connectivity index (χ2v) is 6.02. The highest BCUT2D eigenvalue weighted by atomic mass is 32.2. The zero-order valence-electron chi connectivity index (χ0n) is 13.3. The number of thioether (sulfide) groups is 1. The van der Waals surface area contributed by atoms with E-state index in [1.807, 2.05) is 25.2 Å². The summed E-state index contributed by atoms with van der Waals surface area (Å²) in [5.41, 5.74) is 0. The van der Waals surface area contributed by atoms with E-state index in [-0.39, 0.29) is 11.0 Å². The van der Waals surface area contributed by atoms with Gasteiger partial charge in [0.25, 0.3) is 0 Å². The summed E-state index contributed by atoms with van der Waals surface area (Å²) in [5, 5.41) is 2.72. The van der Waals surface area contributed by atoms with Crippen molar-refractivity contribution in [2.75, 3.05) is 12.3 Å². The Morgan fingerprint density at radius 3 is 2.67 bits per heavy atom. The predicted octanol–water partition coefficient (Wildman–Crippen LogP) is 3.88. The van der Waals surface area contributed by atoms with E-state index in [0.29, 0.717) is 18.2 Å². The van der Waals surface area contributed by atoms with Crippen LogP contribution in [0.2, 0.25) is 0 Å². The molecule has 0 radical (unpaired) electrons. The van der Waals surface area contributed by atoms with Gasteiger partial charge in [0.1, 0.15) is 0 Å². The first-order valence-electron chi connectivity index (χ1n) is 7.41. The number of nitrogens with one attached hydrogen (secondary N) is 1. The smallest absolute Gasteiger partial charge is 0.216 e. The molecule has 4 heteroatoms. The molecule has 0 bridgehead atoms. The Labute approximate surface area is 133 Å². The van der Waals surface area contributed by atoms with Gasteiger partial charge in [-0.05, 0) is 38.2 Å². The van der Waals surface area contributed by atoms with E-state index in [2.05, 4.69) is 24.4 Å². The van der Waals surface area contributed by atoms with Gasteiger partial charge in [-0.2, -0.15) is 0 Å². The van der Waals surface area contributed by atoms with E-state index < -0.39 is 0 Å². The lowest BCUT2D eigenvalue weighted by Gasteiger charge is -2.05. The fraction of sp³-hybridized carbons (Fsp3) is 0.529. The van der Waals surface area contributed by atoms with Crippen LogP contribution in [-0.2, 0) is 9.59 Å². The van der Waals surface area contributed by atoms with Gasteiger partial charge >= 0.3 is 0 Å². The molecule has 1 amide bonds. The molecule has 0 aliphatic heterocycles. The second-order valence-electron chi connectivity index (χ2n) is 4.92. The molecule has 0 aromatic rings. The van der Waals surface area contributed by atoms with E-state index in [1.165, 1.54) is 18.7 Å². The van der Waals surface area contributed by atoms with Crippen LogP contribution < -0.4 is 5.32 Å². The van der Waals surface area contributed by atoms with Crippen LogP contribution in [0.4, 0.5) is 0 Å². The maximum absolute atomic E-state index is 11.5. The van der Waals surface area contributed by atoms with Crippen molar-refractivity contribution in [3.63, 3.8) is 0 Å². The number of hydrogen-bond acceptors (Lipinski definition) is 3. The van der Waals surface area contributed by atoms with Crippen molar-refractivity contribution in [2.24, 2.45) is 5.92 Å². The molecule has 0 saturated heterocycles. The van der Waals surface area contributed by atoms with Crippen molar-refractivity contribution in [3.8, 4) is 0 Å². The average molecular weight is 310 g/mol. The molecular weight excluding hydrogens is 283 g/mol. The van der Waals surface area contributed by atoms with Gasteiger partial charge in [-0.15, -0.1) is 0 Å². The van der Waals surface area contributed by atoms with Crippen LogP contribution in [0.1, 0.15) is 40.0 Å². The van der Waals surface area contributed by atoms with Crippen LogP contribution in [-0.4, -0.2) is 23.3 Å². The molecule has 0 fully saturated rings. The first-order valence-corrected chi connectivity index (χ1v) is 8.40. The van der Waals surface area contributed by atoms with E-state index in [9.17, 15) is 9.59 Å². The molecular formula is C17H27NO2S. The summed E-state index contributed by atoms with van der Waals surface area (Å²) in [4.78, 5) is 22.2. The van der Waals surface area contributed by atoms with E-state index in [4.69, 9.17) is 0 Å². The van der Waals surface area contributed by atoms with Gasteiger partial charge in [0.15, 0.2) is 0 Å². The molecule has 0 spiro atoms. The summed E-state index contributed by atoms with van der Waals surface area (Å²) in [6.07, 6.45) is 15.0. The Balaban J connectivity index is 3.65. The van der Waals surface area contributed by atoms with Crippen molar-refractivity contribution in [1.82, 2.24) is 5.32 Å². The van der Waals surface area contributed by atoms with Crippen molar-refractivity contribution < 1.29 is 9.59 Å². The fourth-order valence-electron chi connectivity index (χ4n) is 1.61. The molecule has 21 heavy (non-hydrogen) atoms. The molecule has 0 unspecified atom stereocenters. The van der Waals surface area contributed by atoms with Crippen LogP contribution in [0.15, 0.2) is 36.5 Å². The van der Waals surface area contributed by atoms with Gasteiger partial charge in [0.05, 0.1) is 0 Å². The minimum absolute atomic E-state index is 0.0565. The number of amides is 1. The third kappa shape index (κ3) is 14.9. The summed E-state index contributed by atoms with van der Waals surface area (Å²) >= 11 is 1.24. The molecule has 0 aromatic heterocycles. The topological polar surface area (TPSA) is 46.2 Å². The van der Waals surface area contributed by atoms with Gasteiger partial charge in [-0.3, -0.25) is 9.59 Å². The van der Waals surface area contributed by atoms with Crippen molar-refractivity contribution >= 4 is 22.8 Å². The summed E-state index contributed by atoms with van der Waals surface area (Å²) in [6.45, 7) is 6.23. The van der Waals surface area contributed by atoms with Crippen molar-refractivity contribution in [1.29, 1.82) is 0 Å². The predicted molar refractivity (Wildman–Crippen MR) is 92.3 cm³/mol.